The van der Waals surface area contributed by atoms with Crippen LogP contribution < -0.4 is 10.2 Å². The van der Waals surface area contributed by atoms with Crippen molar-refractivity contribution >= 4 is 29.1 Å². The van der Waals surface area contributed by atoms with Crippen LogP contribution in [0.25, 0.3) is 11.3 Å². The summed E-state index contributed by atoms with van der Waals surface area (Å²) in [6.07, 6.45) is 0. The first kappa shape index (κ1) is 22.1. The van der Waals surface area contributed by atoms with Crippen LogP contribution in [0.1, 0.15) is 22.3 Å². The van der Waals surface area contributed by atoms with Crippen molar-refractivity contribution in [1.29, 1.82) is 0 Å². The number of carbonyl (C=O) groups excluding carboxylic acids is 1. The molecule has 0 saturated carbocycles. The molecule has 3 aromatic rings. The fourth-order valence-electron chi connectivity index (χ4n) is 3.94. The lowest BCUT2D eigenvalue weighted by Crippen LogP contribution is -2.50. The lowest BCUT2D eigenvalue weighted by atomic mass is 9.99. The predicted octanol–water partition coefficient (Wildman–Crippen LogP) is 5.38. The first-order valence-corrected chi connectivity index (χ1v) is 11.2. The number of nitrogens with one attached hydrogen (secondary N) is 1. The number of piperazine rings is 1. The Balaban J connectivity index is 1.38. The second-order valence-corrected chi connectivity index (χ2v) is 8.82. The molecule has 0 radical (unpaired) electrons. The molecule has 2 aromatic carbocycles. The van der Waals surface area contributed by atoms with E-state index in [0.29, 0.717) is 36.9 Å². The number of aromatic nitrogens is 2. The van der Waals surface area contributed by atoms with E-state index in [9.17, 15) is 4.79 Å². The molecule has 7 heteroatoms. The minimum Gasteiger partial charge on any atom is -0.352 e. The molecule has 1 N–H and O–H groups in total. The molecule has 1 saturated heterocycles. The summed E-state index contributed by atoms with van der Waals surface area (Å²) < 4.78 is 0. The van der Waals surface area contributed by atoms with Crippen molar-refractivity contribution in [2.75, 3.05) is 36.4 Å². The maximum absolute atomic E-state index is 12.7. The van der Waals surface area contributed by atoms with E-state index in [-0.39, 0.29) is 6.03 Å². The van der Waals surface area contributed by atoms with Crippen LogP contribution in [0.3, 0.4) is 0 Å². The highest BCUT2D eigenvalue weighted by molar-refractivity contribution is 6.33. The minimum atomic E-state index is -0.135. The molecule has 0 unspecified atom stereocenters. The number of hydrogen-bond acceptors (Lipinski definition) is 4. The molecule has 0 bridgehead atoms. The molecule has 2 amide bonds. The van der Waals surface area contributed by atoms with Crippen molar-refractivity contribution in [3.63, 3.8) is 0 Å². The maximum Gasteiger partial charge on any atom is 0.322 e. The molecule has 1 aliphatic heterocycles. The highest BCUT2D eigenvalue weighted by Gasteiger charge is 2.23. The average Bonchev–Trinajstić information content (AvgIpc) is 2.79. The van der Waals surface area contributed by atoms with Gasteiger partial charge in [0.05, 0.1) is 16.4 Å². The number of halogens is 1. The molecule has 2 heterocycles. The molecule has 32 heavy (non-hydrogen) atoms. The highest BCUT2D eigenvalue weighted by atomic mass is 35.5. The van der Waals surface area contributed by atoms with E-state index >= 15 is 0 Å². The highest BCUT2D eigenvalue weighted by Crippen LogP contribution is 2.26. The van der Waals surface area contributed by atoms with Crippen LogP contribution in [0.2, 0.25) is 5.02 Å². The van der Waals surface area contributed by atoms with Gasteiger partial charge in [0, 0.05) is 31.7 Å². The van der Waals surface area contributed by atoms with Gasteiger partial charge in [-0.25, -0.2) is 4.79 Å². The van der Waals surface area contributed by atoms with Crippen molar-refractivity contribution < 1.29 is 4.79 Å². The normalized spacial score (nSPS) is 13.9. The Morgan fingerprint density at radius 2 is 1.59 bits per heavy atom. The molecular formula is C25H28ClN5O. The molecule has 1 fully saturated rings. The van der Waals surface area contributed by atoms with Crippen LogP contribution in [0.5, 0.6) is 0 Å². The van der Waals surface area contributed by atoms with E-state index in [1.807, 2.05) is 31.2 Å². The summed E-state index contributed by atoms with van der Waals surface area (Å²) in [5.74, 6) is 0.831. The molecule has 1 aliphatic rings. The van der Waals surface area contributed by atoms with E-state index in [1.54, 1.807) is 11.0 Å². The smallest absolute Gasteiger partial charge is 0.322 e. The van der Waals surface area contributed by atoms with E-state index in [2.05, 4.69) is 53.3 Å². The molecule has 0 aliphatic carbocycles. The Morgan fingerprint density at radius 1 is 0.875 bits per heavy atom. The van der Waals surface area contributed by atoms with Gasteiger partial charge in [0.25, 0.3) is 0 Å². The summed E-state index contributed by atoms with van der Waals surface area (Å²) in [6.45, 7) is 10.9. The molecule has 166 valence electrons. The van der Waals surface area contributed by atoms with Gasteiger partial charge in [0.2, 0.25) is 0 Å². The number of urea groups is 1. The SMILES string of the molecule is Cc1ccc(Cl)c(NC(=O)N2CCN(c3ccc(-c4cc(C)c(C)cc4C)nn3)CC2)c1. The van der Waals surface area contributed by atoms with Gasteiger partial charge in [-0.1, -0.05) is 23.7 Å². The van der Waals surface area contributed by atoms with Gasteiger partial charge in [-0.2, -0.15) is 0 Å². The largest absolute Gasteiger partial charge is 0.352 e. The summed E-state index contributed by atoms with van der Waals surface area (Å²) in [6, 6.07) is 13.9. The van der Waals surface area contributed by atoms with Gasteiger partial charge in [-0.15, -0.1) is 10.2 Å². The minimum absolute atomic E-state index is 0.135. The van der Waals surface area contributed by atoms with E-state index in [1.165, 1.54) is 16.7 Å². The first-order chi connectivity index (χ1) is 15.3. The number of amides is 2. The monoisotopic (exact) mass is 449 g/mol. The quantitative estimate of drug-likeness (QED) is 0.582. The number of benzene rings is 2. The van der Waals surface area contributed by atoms with Crippen molar-refractivity contribution in [1.82, 2.24) is 15.1 Å². The summed E-state index contributed by atoms with van der Waals surface area (Å²) in [5, 5.41) is 12.4. The summed E-state index contributed by atoms with van der Waals surface area (Å²) in [7, 11) is 0. The third-order valence-corrected chi connectivity index (χ3v) is 6.35. The second-order valence-electron chi connectivity index (χ2n) is 8.42. The van der Waals surface area contributed by atoms with E-state index in [4.69, 9.17) is 11.6 Å². The Morgan fingerprint density at radius 3 is 2.28 bits per heavy atom. The molecule has 1 aromatic heterocycles. The Kier molecular flexibility index (Phi) is 6.33. The van der Waals surface area contributed by atoms with Gasteiger partial charge in [-0.3, -0.25) is 0 Å². The summed E-state index contributed by atoms with van der Waals surface area (Å²) in [5.41, 5.74) is 7.41. The van der Waals surface area contributed by atoms with Crippen molar-refractivity contribution in [3.8, 4) is 11.3 Å². The van der Waals surface area contributed by atoms with Gasteiger partial charge in [0.1, 0.15) is 0 Å². The molecular weight excluding hydrogens is 422 g/mol. The topological polar surface area (TPSA) is 61.4 Å². The summed E-state index contributed by atoms with van der Waals surface area (Å²) in [4.78, 5) is 16.6. The lowest BCUT2D eigenvalue weighted by Gasteiger charge is -2.35. The van der Waals surface area contributed by atoms with Crippen LogP contribution >= 0.6 is 11.6 Å². The number of rotatable bonds is 3. The van der Waals surface area contributed by atoms with Crippen molar-refractivity contribution in [2.45, 2.75) is 27.7 Å². The molecule has 0 spiro atoms. The Hall–Kier alpha value is -3.12. The van der Waals surface area contributed by atoms with E-state index in [0.717, 1.165) is 22.6 Å². The molecule has 4 rings (SSSR count). The van der Waals surface area contributed by atoms with Crippen molar-refractivity contribution in [2.24, 2.45) is 0 Å². The zero-order valence-corrected chi connectivity index (χ0v) is 19.7. The maximum atomic E-state index is 12.7. The van der Waals surface area contributed by atoms with Crippen LogP contribution in [0.15, 0.2) is 42.5 Å². The molecule has 0 atom stereocenters. The lowest BCUT2D eigenvalue weighted by molar-refractivity contribution is 0.208. The fraction of sp³-hybridized carbons (Fsp3) is 0.320. The van der Waals surface area contributed by atoms with E-state index < -0.39 is 0 Å². The third kappa shape index (κ3) is 4.70. The molecule has 6 nitrogen and oxygen atoms in total. The van der Waals surface area contributed by atoms with Gasteiger partial charge >= 0.3 is 6.03 Å². The van der Waals surface area contributed by atoms with Crippen LogP contribution in [0, 0.1) is 27.7 Å². The standard InChI is InChI=1S/C25H28ClN5O/c1-16-5-6-21(26)23(13-16)27-25(32)31-11-9-30(10-12-31)24-8-7-22(28-29-24)20-15-18(3)17(2)14-19(20)4/h5-8,13-15H,9-12H2,1-4H3,(H,27,32). The number of nitrogens with zero attached hydrogens (tertiary/aromatic N) is 4. The second kappa shape index (κ2) is 9.17. The van der Waals surface area contributed by atoms with Crippen LogP contribution in [-0.2, 0) is 0 Å². The number of carbonyl (C=O) groups is 1. The average molecular weight is 450 g/mol. The number of aryl methyl sites for hydroxylation is 4. The van der Waals surface area contributed by atoms with Crippen molar-refractivity contribution in [3.05, 3.63) is 69.7 Å². The Bertz CT molecular complexity index is 1140. The van der Waals surface area contributed by atoms with Gasteiger partial charge in [0.15, 0.2) is 5.82 Å². The summed E-state index contributed by atoms with van der Waals surface area (Å²) >= 11 is 6.21. The fourth-order valence-corrected chi connectivity index (χ4v) is 4.11. The van der Waals surface area contributed by atoms with Crippen LogP contribution in [0.4, 0.5) is 16.3 Å². The third-order valence-electron chi connectivity index (χ3n) is 6.02. The van der Waals surface area contributed by atoms with Gasteiger partial charge < -0.3 is 15.1 Å². The predicted molar refractivity (Wildman–Crippen MR) is 131 cm³/mol. The number of hydrogen-bond donors (Lipinski definition) is 1. The zero-order valence-electron chi connectivity index (χ0n) is 18.9. The first-order valence-electron chi connectivity index (χ1n) is 10.8. The zero-order chi connectivity index (χ0) is 22.8. The van der Waals surface area contributed by atoms with Crippen LogP contribution in [-0.4, -0.2) is 47.3 Å². The number of anilines is 2. The van der Waals surface area contributed by atoms with Gasteiger partial charge in [-0.05, 0) is 80.3 Å². The Labute approximate surface area is 194 Å².